The highest BCUT2D eigenvalue weighted by Crippen LogP contribution is 2.35. The van der Waals surface area contributed by atoms with E-state index in [1.807, 2.05) is 30.3 Å². The second-order valence-corrected chi connectivity index (χ2v) is 6.00. The van der Waals surface area contributed by atoms with Crippen molar-refractivity contribution in [3.8, 4) is 11.5 Å². The van der Waals surface area contributed by atoms with E-state index in [4.69, 9.17) is 9.47 Å². The molecule has 134 valence electrons. The molecule has 3 aromatic carbocycles. The topological polar surface area (TPSA) is 35.5 Å². The second kappa shape index (κ2) is 7.03. The van der Waals surface area contributed by atoms with E-state index in [1.165, 1.54) is 24.3 Å². The zero-order chi connectivity index (χ0) is 18.8. The van der Waals surface area contributed by atoms with Crippen LogP contribution in [0.15, 0.2) is 72.5 Å². The Morgan fingerprint density at radius 3 is 2.41 bits per heavy atom. The lowest BCUT2D eigenvalue weighted by atomic mass is 10.1. The van der Waals surface area contributed by atoms with Gasteiger partial charge in [-0.1, -0.05) is 36.4 Å². The zero-order valence-corrected chi connectivity index (χ0v) is 14.1. The molecule has 0 unspecified atom stereocenters. The standard InChI is InChI=1S/C22H14F2O3/c23-18-7-4-8-19(24)17(18)13-26-15-9-10-16-20(12-15)27-21(22(16)25)11-14-5-2-1-3-6-14/h1-12H,13H2/b21-11-. The molecule has 3 aromatic rings. The van der Waals surface area contributed by atoms with Crippen LogP contribution >= 0.6 is 0 Å². The molecule has 0 amide bonds. The Morgan fingerprint density at radius 2 is 1.67 bits per heavy atom. The molecule has 4 rings (SSSR count). The predicted molar refractivity (Wildman–Crippen MR) is 96.5 cm³/mol. The summed E-state index contributed by atoms with van der Waals surface area (Å²) >= 11 is 0. The minimum absolute atomic E-state index is 0.153. The van der Waals surface area contributed by atoms with Crippen LogP contribution in [0.3, 0.4) is 0 Å². The van der Waals surface area contributed by atoms with E-state index in [1.54, 1.807) is 18.2 Å². The van der Waals surface area contributed by atoms with Crippen LogP contribution in [0.1, 0.15) is 21.5 Å². The van der Waals surface area contributed by atoms with Crippen molar-refractivity contribution in [1.82, 2.24) is 0 Å². The summed E-state index contributed by atoms with van der Waals surface area (Å²) in [5, 5.41) is 0. The lowest BCUT2D eigenvalue weighted by Gasteiger charge is -2.09. The Kier molecular flexibility index (Phi) is 4.42. The third kappa shape index (κ3) is 3.44. The molecule has 0 spiro atoms. The van der Waals surface area contributed by atoms with Gasteiger partial charge in [0, 0.05) is 6.07 Å². The molecule has 0 radical (unpaired) electrons. The van der Waals surface area contributed by atoms with Crippen LogP contribution in [0.2, 0.25) is 0 Å². The number of allylic oxidation sites excluding steroid dienone is 1. The van der Waals surface area contributed by atoms with Crippen molar-refractivity contribution < 1.29 is 23.0 Å². The average Bonchev–Trinajstić information content (AvgIpc) is 2.97. The second-order valence-electron chi connectivity index (χ2n) is 6.00. The van der Waals surface area contributed by atoms with Gasteiger partial charge >= 0.3 is 0 Å². The number of hydrogen-bond donors (Lipinski definition) is 0. The smallest absolute Gasteiger partial charge is 0.231 e. The molecule has 3 nitrogen and oxygen atoms in total. The van der Waals surface area contributed by atoms with Gasteiger partial charge in [0.2, 0.25) is 5.78 Å². The fourth-order valence-electron chi connectivity index (χ4n) is 2.78. The summed E-state index contributed by atoms with van der Waals surface area (Å²) in [7, 11) is 0. The van der Waals surface area contributed by atoms with Gasteiger partial charge < -0.3 is 9.47 Å². The van der Waals surface area contributed by atoms with Crippen LogP contribution in [0.25, 0.3) is 6.08 Å². The Bertz CT molecular complexity index is 1020. The van der Waals surface area contributed by atoms with Gasteiger partial charge in [0.15, 0.2) is 5.76 Å². The fourth-order valence-corrected chi connectivity index (χ4v) is 2.78. The molecule has 0 aromatic heterocycles. The van der Waals surface area contributed by atoms with Gasteiger partial charge in [-0.2, -0.15) is 0 Å². The monoisotopic (exact) mass is 364 g/mol. The largest absolute Gasteiger partial charge is 0.489 e. The Labute approximate surface area is 154 Å². The summed E-state index contributed by atoms with van der Waals surface area (Å²) in [6.45, 7) is -0.266. The minimum Gasteiger partial charge on any atom is -0.489 e. The molecule has 0 N–H and O–H groups in total. The molecular formula is C22H14F2O3. The van der Waals surface area contributed by atoms with Crippen molar-refractivity contribution in [2.45, 2.75) is 6.61 Å². The van der Waals surface area contributed by atoms with Crippen LogP contribution in [-0.4, -0.2) is 5.78 Å². The minimum atomic E-state index is -0.671. The van der Waals surface area contributed by atoms with Gasteiger partial charge in [-0.25, -0.2) is 8.78 Å². The van der Waals surface area contributed by atoms with Crippen molar-refractivity contribution >= 4 is 11.9 Å². The molecule has 5 heteroatoms. The Morgan fingerprint density at radius 1 is 0.926 bits per heavy atom. The molecule has 0 saturated carbocycles. The average molecular weight is 364 g/mol. The number of rotatable bonds is 4. The summed E-state index contributed by atoms with van der Waals surface area (Å²) in [5.41, 5.74) is 1.11. The molecule has 1 heterocycles. The number of carbonyl (C=O) groups is 1. The molecular weight excluding hydrogens is 350 g/mol. The highest BCUT2D eigenvalue weighted by Gasteiger charge is 2.27. The predicted octanol–water partition coefficient (Wildman–Crippen LogP) is 5.16. The SMILES string of the molecule is O=C1/C(=C/c2ccccc2)Oc2cc(OCc3c(F)cccc3F)ccc21. The van der Waals surface area contributed by atoms with Crippen LogP contribution in [0, 0.1) is 11.6 Å². The van der Waals surface area contributed by atoms with Gasteiger partial charge in [0.25, 0.3) is 0 Å². The number of halogens is 2. The van der Waals surface area contributed by atoms with Gasteiger partial charge in [-0.05, 0) is 35.9 Å². The van der Waals surface area contributed by atoms with Crippen LogP contribution < -0.4 is 9.47 Å². The highest BCUT2D eigenvalue weighted by atomic mass is 19.1. The first-order valence-corrected chi connectivity index (χ1v) is 8.31. The first-order chi connectivity index (χ1) is 13.1. The number of benzene rings is 3. The number of ether oxygens (including phenoxy) is 2. The summed E-state index contributed by atoms with van der Waals surface area (Å²) in [6, 6.07) is 17.7. The Balaban J connectivity index is 1.54. The van der Waals surface area contributed by atoms with E-state index in [0.717, 1.165) is 5.56 Å². The first kappa shape index (κ1) is 17.0. The lowest BCUT2D eigenvalue weighted by Crippen LogP contribution is -2.01. The number of fused-ring (bicyclic) bond motifs is 1. The maximum absolute atomic E-state index is 13.7. The van der Waals surface area contributed by atoms with Crippen molar-refractivity contribution in [3.05, 3.63) is 101 Å². The molecule has 1 aliphatic rings. The number of hydrogen-bond acceptors (Lipinski definition) is 3. The third-order valence-electron chi connectivity index (χ3n) is 4.18. The molecule has 0 saturated heterocycles. The maximum Gasteiger partial charge on any atom is 0.231 e. The van der Waals surface area contributed by atoms with E-state index in [9.17, 15) is 13.6 Å². The van der Waals surface area contributed by atoms with E-state index in [0.29, 0.717) is 17.1 Å². The first-order valence-electron chi connectivity index (χ1n) is 8.31. The van der Waals surface area contributed by atoms with Crippen LogP contribution in [-0.2, 0) is 6.61 Å². The molecule has 0 fully saturated rings. The molecule has 0 atom stereocenters. The number of carbonyl (C=O) groups excluding carboxylic acids is 1. The van der Waals surface area contributed by atoms with Crippen LogP contribution in [0.5, 0.6) is 11.5 Å². The summed E-state index contributed by atoms with van der Waals surface area (Å²) < 4.78 is 38.5. The normalized spacial score (nSPS) is 14.1. The van der Waals surface area contributed by atoms with Crippen molar-refractivity contribution in [3.63, 3.8) is 0 Å². The molecule has 0 aliphatic carbocycles. The van der Waals surface area contributed by atoms with Gasteiger partial charge in [-0.15, -0.1) is 0 Å². The van der Waals surface area contributed by atoms with E-state index < -0.39 is 11.6 Å². The summed E-state index contributed by atoms with van der Waals surface area (Å²) in [6.07, 6.45) is 1.66. The molecule has 27 heavy (non-hydrogen) atoms. The van der Waals surface area contributed by atoms with Crippen molar-refractivity contribution in [2.24, 2.45) is 0 Å². The van der Waals surface area contributed by atoms with E-state index in [2.05, 4.69) is 0 Å². The van der Waals surface area contributed by atoms with E-state index >= 15 is 0 Å². The molecule has 1 aliphatic heterocycles. The lowest BCUT2D eigenvalue weighted by molar-refractivity contribution is 0.101. The van der Waals surface area contributed by atoms with Gasteiger partial charge in [-0.3, -0.25) is 4.79 Å². The number of ketones is 1. The fraction of sp³-hybridized carbons (Fsp3) is 0.0455. The van der Waals surface area contributed by atoms with Gasteiger partial charge in [0.05, 0.1) is 11.1 Å². The summed E-state index contributed by atoms with van der Waals surface area (Å²) in [5.74, 6) is -0.640. The van der Waals surface area contributed by atoms with Crippen LogP contribution in [0.4, 0.5) is 8.78 Å². The van der Waals surface area contributed by atoms with Crippen molar-refractivity contribution in [2.75, 3.05) is 0 Å². The van der Waals surface area contributed by atoms with E-state index in [-0.39, 0.29) is 23.7 Å². The zero-order valence-electron chi connectivity index (χ0n) is 14.1. The van der Waals surface area contributed by atoms with Crippen molar-refractivity contribution in [1.29, 1.82) is 0 Å². The quantitative estimate of drug-likeness (QED) is 0.600. The summed E-state index contributed by atoms with van der Waals surface area (Å²) in [4.78, 5) is 12.4. The number of Topliss-reactive ketones (excluding diaryl/α,β-unsaturated/α-hetero) is 1. The molecule has 0 bridgehead atoms. The highest BCUT2D eigenvalue weighted by molar-refractivity contribution is 6.14. The van der Waals surface area contributed by atoms with Gasteiger partial charge in [0.1, 0.15) is 29.7 Å². The maximum atomic E-state index is 13.7. The Hall–Kier alpha value is -3.47. The third-order valence-corrected chi connectivity index (χ3v) is 4.18.